The average molecular weight is 442 g/mol. The van der Waals surface area contributed by atoms with Crippen LogP contribution >= 0.6 is 0 Å². The van der Waals surface area contributed by atoms with E-state index in [1.54, 1.807) is 0 Å². The number of nitrogens with two attached hydrogens (primary N) is 1. The molecule has 1 aliphatic heterocycles. The van der Waals surface area contributed by atoms with E-state index in [0.717, 1.165) is 54.3 Å². The molecule has 3 heterocycles. The van der Waals surface area contributed by atoms with Crippen LogP contribution in [0.5, 0.6) is 0 Å². The van der Waals surface area contributed by atoms with Gasteiger partial charge in [-0.1, -0.05) is 54.1 Å². The van der Waals surface area contributed by atoms with Crippen molar-refractivity contribution in [3.05, 3.63) is 65.7 Å². The Kier molecular flexibility index (Phi) is 5.72. The molecule has 4 aromatic rings. The molecular weight excluding hydrogens is 410 g/mol. The molecule has 33 heavy (non-hydrogen) atoms. The number of aryl methyl sites for hydroxylation is 1. The lowest BCUT2D eigenvalue weighted by molar-refractivity contribution is 0.208. The molecule has 1 saturated heterocycles. The van der Waals surface area contributed by atoms with Crippen LogP contribution in [0.1, 0.15) is 25.0 Å². The number of piperazine rings is 1. The van der Waals surface area contributed by atoms with Crippen LogP contribution in [0.15, 0.2) is 54.6 Å². The first-order chi connectivity index (χ1) is 16.0. The summed E-state index contributed by atoms with van der Waals surface area (Å²) in [5.74, 6) is 1.33. The fourth-order valence-corrected chi connectivity index (χ4v) is 4.50. The fraction of sp³-hybridized carbons (Fsp3) is 0.346. The second-order valence-corrected chi connectivity index (χ2v) is 9.09. The summed E-state index contributed by atoms with van der Waals surface area (Å²) in [7, 11) is 0. The van der Waals surface area contributed by atoms with Gasteiger partial charge in [-0.25, -0.2) is 9.67 Å². The molecule has 0 unspecified atom stereocenters. The summed E-state index contributed by atoms with van der Waals surface area (Å²) in [5.41, 5.74) is 11.5. The molecule has 0 amide bonds. The van der Waals surface area contributed by atoms with Gasteiger partial charge in [0.2, 0.25) is 5.95 Å². The smallest absolute Gasteiger partial charge is 0.228 e. The Hall–Kier alpha value is -3.45. The molecule has 2 aromatic carbocycles. The van der Waals surface area contributed by atoms with Crippen LogP contribution < -0.4 is 10.6 Å². The van der Waals surface area contributed by atoms with E-state index in [1.807, 2.05) is 22.9 Å². The fourth-order valence-electron chi connectivity index (χ4n) is 4.50. The van der Waals surface area contributed by atoms with Crippen molar-refractivity contribution in [2.75, 3.05) is 36.8 Å². The maximum absolute atomic E-state index is 6.64. The molecule has 5 rings (SSSR count). The van der Waals surface area contributed by atoms with Crippen LogP contribution in [0.4, 0.5) is 11.8 Å². The number of benzene rings is 2. The second-order valence-electron chi connectivity index (χ2n) is 9.09. The highest BCUT2D eigenvalue weighted by atomic mass is 15.4. The summed E-state index contributed by atoms with van der Waals surface area (Å²) in [4.78, 5) is 14.7. The van der Waals surface area contributed by atoms with Crippen molar-refractivity contribution in [1.82, 2.24) is 24.6 Å². The van der Waals surface area contributed by atoms with Gasteiger partial charge in [-0.2, -0.15) is 4.98 Å². The number of hydrogen-bond acceptors (Lipinski definition) is 6. The van der Waals surface area contributed by atoms with Gasteiger partial charge in [0.05, 0.1) is 17.6 Å². The molecule has 0 aliphatic carbocycles. The van der Waals surface area contributed by atoms with E-state index in [0.29, 0.717) is 24.1 Å². The Balaban J connectivity index is 1.60. The zero-order chi connectivity index (χ0) is 22.9. The zero-order valence-electron chi connectivity index (χ0n) is 19.6. The lowest BCUT2D eigenvalue weighted by Gasteiger charge is -2.36. The SMILES string of the molecule is Cc1cccc(-c2nc(N3CCN(C(C)C)CC3)nc3nn(Cc4ccccc4)c(N)c23)c1. The molecule has 170 valence electrons. The van der Waals surface area contributed by atoms with E-state index in [-0.39, 0.29) is 0 Å². The van der Waals surface area contributed by atoms with E-state index >= 15 is 0 Å². The molecule has 2 N–H and O–H groups in total. The topological polar surface area (TPSA) is 76.1 Å². The van der Waals surface area contributed by atoms with Gasteiger partial charge in [-0.15, -0.1) is 5.10 Å². The monoisotopic (exact) mass is 441 g/mol. The minimum Gasteiger partial charge on any atom is -0.383 e. The lowest BCUT2D eigenvalue weighted by Crippen LogP contribution is -2.49. The summed E-state index contributed by atoms with van der Waals surface area (Å²) in [6.07, 6.45) is 0. The van der Waals surface area contributed by atoms with Crippen molar-refractivity contribution in [2.24, 2.45) is 0 Å². The zero-order valence-corrected chi connectivity index (χ0v) is 19.6. The Bertz CT molecular complexity index is 1250. The van der Waals surface area contributed by atoms with E-state index in [2.05, 4.69) is 67.0 Å². The van der Waals surface area contributed by atoms with Gasteiger partial charge in [-0.05, 0) is 32.4 Å². The van der Waals surface area contributed by atoms with Crippen molar-refractivity contribution in [3.8, 4) is 11.3 Å². The number of nitrogen functional groups attached to an aromatic ring is 1. The van der Waals surface area contributed by atoms with Crippen molar-refractivity contribution >= 4 is 22.8 Å². The second kappa shape index (κ2) is 8.83. The van der Waals surface area contributed by atoms with Crippen LogP contribution in [0.2, 0.25) is 0 Å². The molecule has 0 saturated carbocycles. The van der Waals surface area contributed by atoms with Gasteiger partial charge in [0.25, 0.3) is 0 Å². The molecule has 7 nitrogen and oxygen atoms in total. The van der Waals surface area contributed by atoms with Gasteiger partial charge in [0.15, 0.2) is 5.65 Å². The molecule has 0 radical (unpaired) electrons. The third kappa shape index (κ3) is 4.28. The lowest BCUT2D eigenvalue weighted by atomic mass is 10.1. The molecule has 0 spiro atoms. The average Bonchev–Trinajstić information content (AvgIpc) is 3.14. The van der Waals surface area contributed by atoms with Gasteiger partial charge in [0.1, 0.15) is 5.82 Å². The molecule has 2 aromatic heterocycles. The first-order valence-corrected chi connectivity index (χ1v) is 11.6. The van der Waals surface area contributed by atoms with Crippen LogP contribution in [-0.2, 0) is 6.54 Å². The summed E-state index contributed by atoms with van der Waals surface area (Å²) in [5, 5.41) is 5.64. The van der Waals surface area contributed by atoms with Crippen LogP contribution in [0, 0.1) is 6.92 Å². The van der Waals surface area contributed by atoms with Crippen molar-refractivity contribution in [1.29, 1.82) is 0 Å². The van der Waals surface area contributed by atoms with Crippen molar-refractivity contribution in [2.45, 2.75) is 33.4 Å². The van der Waals surface area contributed by atoms with E-state index in [4.69, 9.17) is 20.8 Å². The first-order valence-electron chi connectivity index (χ1n) is 11.6. The van der Waals surface area contributed by atoms with Crippen LogP contribution in [0.3, 0.4) is 0 Å². The molecule has 7 heteroatoms. The van der Waals surface area contributed by atoms with Crippen LogP contribution in [-0.4, -0.2) is 56.9 Å². The largest absolute Gasteiger partial charge is 0.383 e. The van der Waals surface area contributed by atoms with E-state index < -0.39 is 0 Å². The Morgan fingerprint density at radius 3 is 2.39 bits per heavy atom. The molecule has 1 fully saturated rings. The van der Waals surface area contributed by atoms with Gasteiger partial charge < -0.3 is 10.6 Å². The minimum atomic E-state index is 0.548. The summed E-state index contributed by atoms with van der Waals surface area (Å²) in [6, 6.07) is 19.2. The number of fused-ring (bicyclic) bond motifs is 1. The number of aromatic nitrogens is 4. The van der Waals surface area contributed by atoms with Gasteiger partial charge >= 0.3 is 0 Å². The van der Waals surface area contributed by atoms with E-state index in [1.165, 1.54) is 5.56 Å². The number of anilines is 2. The predicted octanol–water partition coefficient (Wildman–Crippen LogP) is 3.96. The normalized spacial score (nSPS) is 15.0. The Labute approximate surface area is 194 Å². The van der Waals surface area contributed by atoms with Crippen molar-refractivity contribution < 1.29 is 0 Å². The van der Waals surface area contributed by atoms with E-state index in [9.17, 15) is 0 Å². The summed E-state index contributed by atoms with van der Waals surface area (Å²) >= 11 is 0. The molecular formula is C26H31N7. The molecule has 0 atom stereocenters. The quantitative estimate of drug-likeness (QED) is 0.505. The van der Waals surface area contributed by atoms with Gasteiger partial charge in [-0.3, -0.25) is 4.90 Å². The third-order valence-electron chi connectivity index (χ3n) is 6.42. The Morgan fingerprint density at radius 2 is 1.70 bits per heavy atom. The molecule has 0 bridgehead atoms. The molecule has 1 aliphatic rings. The standard InChI is InChI=1S/C26H31N7/c1-18(2)31-12-14-32(15-13-31)26-28-23(21-11-7-8-19(3)16-21)22-24(27)33(30-25(22)29-26)17-20-9-5-4-6-10-20/h4-11,16,18H,12-15,17,27H2,1-3H3. The highest BCUT2D eigenvalue weighted by Crippen LogP contribution is 2.33. The third-order valence-corrected chi connectivity index (χ3v) is 6.42. The predicted molar refractivity (Wildman–Crippen MR) is 134 cm³/mol. The number of hydrogen-bond donors (Lipinski definition) is 1. The highest BCUT2D eigenvalue weighted by Gasteiger charge is 2.24. The Morgan fingerprint density at radius 1 is 0.939 bits per heavy atom. The summed E-state index contributed by atoms with van der Waals surface area (Å²) in [6.45, 7) is 11.0. The highest BCUT2D eigenvalue weighted by molar-refractivity contribution is 5.99. The first kappa shape index (κ1) is 21.4. The minimum absolute atomic E-state index is 0.548. The summed E-state index contributed by atoms with van der Waals surface area (Å²) < 4.78 is 1.84. The van der Waals surface area contributed by atoms with Crippen molar-refractivity contribution in [3.63, 3.8) is 0 Å². The number of nitrogens with zero attached hydrogens (tertiary/aromatic N) is 6. The van der Waals surface area contributed by atoms with Crippen LogP contribution in [0.25, 0.3) is 22.3 Å². The van der Waals surface area contributed by atoms with Gasteiger partial charge in [0, 0.05) is 37.8 Å². The maximum atomic E-state index is 6.64. The number of rotatable bonds is 5. The maximum Gasteiger partial charge on any atom is 0.228 e.